The van der Waals surface area contributed by atoms with Gasteiger partial charge in [0.05, 0.1) is 0 Å². The second-order valence-corrected chi connectivity index (χ2v) is 4.41. The van der Waals surface area contributed by atoms with Crippen LogP contribution in [0.5, 0.6) is 0 Å². The largest absolute Gasteiger partial charge is 0.0842 e. The summed E-state index contributed by atoms with van der Waals surface area (Å²) in [6.07, 6.45) is 15.3. The summed E-state index contributed by atoms with van der Waals surface area (Å²) in [6.45, 7) is 2.44. The number of hydrogen-bond acceptors (Lipinski definition) is 0. The first-order chi connectivity index (χ1) is 5.81. The molecule has 66 valence electrons. The molecule has 0 spiro atoms. The van der Waals surface area contributed by atoms with Crippen molar-refractivity contribution >= 4 is 0 Å². The molecule has 0 fully saturated rings. The molecule has 2 aliphatic rings. The predicted molar refractivity (Wildman–Crippen MR) is 53.0 cm³/mol. The van der Waals surface area contributed by atoms with Gasteiger partial charge < -0.3 is 0 Å². The van der Waals surface area contributed by atoms with E-state index in [0.717, 1.165) is 0 Å². The van der Waals surface area contributed by atoms with Gasteiger partial charge in [-0.15, -0.1) is 0 Å². The van der Waals surface area contributed by atoms with Crippen LogP contribution in [0.15, 0.2) is 23.8 Å². The molecule has 2 rings (SSSR count). The van der Waals surface area contributed by atoms with Crippen LogP contribution in [0.4, 0.5) is 0 Å². The SMILES string of the molecule is CC12CCC=CC1=CCCCC2. The molecule has 0 aromatic heterocycles. The van der Waals surface area contributed by atoms with E-state index >= 15 is 0 Å². The van der Waals surface area contributed by atoms with Crippen molar-refractivity contribution in [3.05, 3.63) is 23.8 Å². The smallest absolute Gasteiger partial charge is 0.00756 e. The van der Waals surface area contributed by atoms with E-state index in [1.807, 2.05) is 0 Å². The van der Waals surface area contributed by atoms with Crippen molar-refractivity contribution in [2.24, 2.45) is 5.41 Å². The number of rotatable bonds is 0. The molecule has 1 unspecified atom stereocenters. The Morgan fingerprint density at radius 1 is 1.17 bits per heavy atom. The summed E-state index contributed by atoms with van der Waals surface area (Å²) in [4.78, 5) is 0. The van der Waals surface area contributed by atoms with Gasteiger partial charge in [0, 0.05) is 0 Å². The summed E-state index contributed by atoms with van der Waals surface area (Å²) in [5.74, 6) is 0. The molecule has 0 aromatic rings. The molecular weight excluding hydrogens is 144 g/mol. The first-order valence-electron chi connectivity index (χ1n) is 5.18. The van der Waals surface area contributed by atoms with Crippen LogP contribution in [0.3, 0.4) is 0 Å². The van der Waals surface area contributed by atoms with Gasteiger partial charge in [-0.2, -0.15) is 0 Å². The lowest BCUT2D eigenvalue weighted by Crippen LogP contribution is -2.19. The van der Waals surface area contributed by atoms with Crippen LogP contribution in [0.25, 0.3) is 0 Å². The summed E-state index contributed by atoms with van der Waals surface area (Å²) < 4.78 is 0. The lowest BCUT2D eigenvalue weighted by molar-refractivity contribution is 0.333. The van der Waals surface area contributed by atoms with Gasteiger partial charge in [0.25, 0.3) is 0 Å². The Bertz CT molecular complexity index is 222. The number of hydrogen-bond donors (Lipinski definition) is 0. The van der Waals surface area contributed by atoms with Gasteiger partial charge in [-0.05, 0) is 43.1 Å². The average molecular weight is 162 g/mol. The van der Waals surface area contributed by atoms with Crippen molar-refractivity contribution in [3.8, 4) is 0 Å². The maximum atomic E-state index is 2.46. The van der Waals surface area contributed by atoms with Gasteiger partial charge in [0.1, 0.15) is 0 Å². The van der Waals surface area contributed by atoms with Crippen LogP contribution < -0.4 is 0 Å². The Hall–Kier alpha value is -0.520. The van der Waals surface area contributed by atoms with E-state index in [1.54, 1.807) is 5.57 Å². The van der Waals surface area contributed by atoms with Crippen LogP contribution in [0.1, 0.15) is 45.4 Å². The third-order valence-electron chi connectivity index (χ3n) is 3.40. The highest BCUT2D eigenvalue weighted by atomic mass is 14.3. The van der Waals surface area contributed by atoms with Crippen LogP contribution in [-0.2, 0) is 0 Å². The fourth-order valence-electron chi connectivity index (χ4n) is 2.46. The summed E-state index contributed by atoms with van der Waals surface area (Å²) in [7, 11) is 0. The van der Waals surface area contributed by atoms with Crippen molar-refractivity contribution in [3.63, 3.8) is 0 Å². The van der Waals surface area contributed by atoms with E-state index < -0.39 is 0 Å². The quantitative estimate of drug-likeness (QED) is 0.507. The molecule has 0 radical (unpaired) electrons. The first-order valence-corrected chi connectivity index (χ1v) is 5.18. The highest BCUT2D eigenvalue weighted by Gasteiger charge is 2.29. The molecule has 0 aromatic carbocycles. The molecular formula is C12H18. The zero-order valence-electron chi connectivity index (χ0n) is 7.97. The summed E-state index contributed by atoms with van der Waals surface area (Å²) in [6, 6.07) is 0. The second-order valence-electron chi connectivity index (χ2n) is 4.41. The summed E-state index contributed by atoms with van der Waals surface area (Å²) in [5.41, 5.74) is 2.15. The molecule has 0 heteroatoms. The lowest BCUT2D eigenvalue weighted by atomic mass is 9.72. The summed E-state index contributed by atoms with van der Waals surface area (Å²) in [5, 5.41) is 0. The monoisotopic (exact) mass is 162 g/mol. The van der Waals surface area contributed by atoms with Gasteiger partial charge in [-0.25, -0.2) is 0 Å². The van der Waals surface area contributed by atoms with Crippen molar-refractivity contribution in [2.75, 3.05) is 0 Å². The van der Waals surface area contributed by atoms with Crippen LogP contribution in [0, 0.1) is 5.41 Å². The fourth-order valence-corrected chi connectivity index (χ4v) is 2.46. The van der Waals surface area contributed by atoms with E-state index in [2.05, 4.69) is 25.2 Å². The molecule has 0 saturated heterocycles. The highest BCUT2D eigenvalue weighted by molar-refractivity contribution is 5.29. The Morgan fingerprint density at radius 2 is 2.08 bits per heavy atom. The van der Waals surface area contributed by atoms with E-state index in [9.17, 15) is 0 Å². The van der Waals surface area contributed by atoms with Crippen molar-refractivity contribution in [2.45, 2.75) is 45.4 Å². The van der Waals surface area contributed by atoms with Crippen molar-refractivity contribution < 1.29 is 0 Å². The van der Waals surface area contributed by atoms with Gasteiger partial charge in [0.15, 0.2) is 0 Å². The van der Waals surface area contributed by atoms with Crippen LogP contribution >= 0.6 is 0 Å². The van der Waals surface area contributed by atoms with E-state index in [4.69, 9.17) is 0 Å². The van der Waals surface area contributed by atoms with Gasteiger partial charge in [-0.1, -0.05) is 31.6 Å². The Labute approximate surface area is 75.4 Å². The zero-order chi connectivity index (χ0) is 8.44. The number of fused-ring (bicyclic) bond motifs is 1. The zero-order valence-corrected chi connectivity index (χ0v) is 7.97. The first kappa shape index (κ1) is 8.10. The third-order valence-corrected chi connectivity index (χ3v) is 3.40. The lowest BCUT2D eigenvalue weighted by Gasteiger charge is -2.32. The molecule has 0 N–H and O–H groups in total. The van der Waals surface area contributed by atoms with Crippen LogP contribution in [-0.4, -0.2) is 0 Å². The Kier molecular flexibility index (Phi) is 2.08. The Morgan fingerprint density at radius 3 is 3.00 bits per heavy atom. The molecule has 2 aliphatic carbocycles. The van der Waals surface area contributed by atoms with Crippen molar-refractivity contribution in [1.82, 2.24) is 0 Å². The minimum Gasteiger partial charge on any atom is -0.0842 e. The fraction of sp³-hybridized carbons (Fsp3) is 0.667. The highest BCUT2D eigenvalue weighted by Crippen LogP contribution is 2.43. The standard InChI is InChI=1S/C12H18/c1-12-9-5-2-3-7-11(12)8-4-6-10-12/h4,7-8H,2-3,5-6,9-10H2,1H3. The molecule has 1 atom stereocenters. The topological polar surface area (TPSA) is 0 Å². The maximum absolute atomic E-state index is 2.46. The maximum Gasteiger partial charge on any atom is -0.00756 e. The van der Waals surface area contributed by atoms with Crippen molar-refractivity contribution in [1.29, 1.82) is 0 Å². The van der Waals surface area contributed by atoms with Gasteiger partial charge in [0.2, 0.25) is 0 Å². The van der Waals surface area contributed by atoms with E-state index in [-0.39, 0.29) is 0 Å². The number of allylic oxidation sites excluding steroid dienone is 4. The van der Waals surface area contributed by atoms with E-state index in [0.29, 0.717) is 5.41 Å². The Balaban J connectivity index is 2.29. The minimum absolute atomic E-state index is 0.533. The molecule has 0 saturated carbocycles. The normalized spacial score (nSPS) is 35.2. The summed E-state index contributed by atoms with van der Waals surface area (Å²) >= 11 is 0. The molecule has 0 nitrogen and oxygen atoms in total. The van der Waals surface area contributed by atoms with Gasteiger partial charge >= 0.3 is 0 Å². The third kappa shape index (κ3) is 1.35. The minimum atomic E-state index is 0.533. The predicted octanol–water partition coefficient (Wildman–Crippen LogP) is 3.84. The molecule has 0 aliphatic heterocycles. The molecule has 0 heterocycles. The van der Waals surface area contributed by atoms with Crippen LogP contribution in [0.2, 0.25) is 0 Å². The van der Waals surface area contributed by atoms with E-state index in [1.165, 1.54) is 38.5 Å². The molecule has 12 heavy (non-hydrogen) atoms. The average Bonchev–Trinajstić information content (AvgIpc) is 2.25. The van der Waals surface area contributed by atoms with Gasteiger partial charge in [-0.3, -0.25) is 0 Å². The molecule has 0 amide bonds. The molecule has 0 bridgehead atoms. The second kappa shape index (κ2) is 3.08.